The second-order valence-corrected chi connectivity index (χ2v) is 5.39. The molecule has 0 bridgehead atoms. The molecule has 0 aliphatic carbocycles. The van der Waals surface area contributed by atoms with Crippen LogP contribution in [0.5, 0.6) is 0 Å². The predicted octanol–water partition coefficient (Wildman–Crippen LogP) is 3.61. The van der Waals surface area contributed by atoms with Crippen molar-refractivity contribution in [3.05, 3.63) is 53.2 Å². The lowest BCUT2D eigenvalue weighted by Crippen LogP contribution is -2.12. The molecule has 3 aromatic rings. The van der Waals surface area contributed by atoms with Gasteiger partial charge >= 0.3 is 0 Å². The molecule has 0 saturated carbocycles. The minimum absolute atomic E-state index is 0.221. The SMILES string of the molecule is CCc1nnc(NC(=O)c2ccccc2-c2ccco2)s1. The zero-order valence-electron chi connectivity index (χ0n) is 11.4. The highest BCUT2D eigenvalue weighted by Gasteiger charge is 2.15. The first kappa shape index (κ1) is 13.5. The van der Waals surface area contributed by atoms with Gasteiger partial charge in [0.1, 0.15) is 10.8 Å². The molecular formula is C15H13N3O2S. The Hall–Kier alpha value is -2.47. The standard InChI is InChI=1S/C15H13N3O2S/c1-2-13-17-18-15(21-13)16-14(19)11-7-4-3-6-10(11)12-8-5-9-20-12/h3-9H,2H2,1H3,(H,16,18,19). The third-order valence-electron chi connectivity index (χ3n) is 2.95. The largest absolute Gasteiger partial charge is 0.464 e. The molecule has 0 aliphatic heterocycles. The molecule has 1 N–H and O–H groups in total. The molecule has 0 saturated heterocycles. The van der Waals surface area contributed by atoms with Crippen molar-refractivity contribution in [2.75, 3.05) is 5.32 Å². The Labute approximate surface area is 125 Å². The zero-order chi connectivity index (χ0) is 14.7. The second-order valence-electron chi connectivity index (χ2n) is 4.33. The van der Waals surface area contributed by atoms with Crippen LogP contribution in [0.25, 0.3) is 11.3 Å². The topological polar surface area (TPSA) is 68.0 Å². The Morgan fingerprint density at radius 1 is 1.24 bits per heavy atom. The van der Waals surface area contributed by atoms with Gasteiger partial charge in [-0.25, -0.2) is 0 Å². The highest BCUT2D eigenvalue weighted by Crippen LogP contribution is 2.25. The van der Waals surface area contributed by atoms with Gasteiger partial charge in [-0.15, -0.1) is 10.2 Å². The fourth-order valence-electron chi connectivity index (χ4n) is 1.94. The van der Waals surface area contributed by atoms with Crippen molar-refractivity contribution in [2.24, 2.45) is 0 Å². The number of nitrogens with one attached hydrogen (secondary N) is 1. The third kappa shape index (κ3) is 2.85. The molecule has 0 radical (unpaired) electrons. The number of anilines is 1. The first-order valence-corrected chi connectivity index (χ1v) is 7.36. The van der Waals surface area contributed by atoms with Crippen LogP contribution in [0, 0.1) is 0 Å². The molecule has 2 aromatic heterocycles. The molecule has 2 heterocycles. The van der Waals surface area contributed by atoms with Crippen LogP contribution in [-0.4, -0.2) is 16.1 Å². The number of benzene rings is 1. The number of hydrogen-bond donors (Lipinski definition) is 1. The molecule has 6 heteroatoms. The molecule has 0 fully saturated rings. The lowest BCUT2D eigenvalue weighted by molar-refractivity contribution is 0.102. The van der Waals surface area contributed by atoms with E-state index < -0.39 is 0 Å². The minimum Gasteiger partial charge on any atom is -0.464 e. The fourth-order valence-corrected chi connectivity index (χ4v) is 2.61. The summed E-state index contributed by atoms with van der Waals surface area (Å²) in [6.45, 7) is 2.00. The average Bonchev–Trinajstić information content (AvgIpc) is 3.18. The van der Waals surface area contributed by atoms with E-state index in [1.165, 1.54) is 11.3 Å². The van der Waals surface area contributed by atoms with Crippen LogP contribution < -0.4 is 5.32 Å². The van der Waals surface area contributed by atoms with Gasteiger partial charge in [0.25, 0.3) is 5.91 Å². The summed E-state index contributed by atoms with van der Waals surface area (Å²) in [5.41, 5.74) is 1.29. The Bertz CT molecular complexity index is 750. The Kier molecular flexibility index (Phi) is 3.79. The molecule has 5 nitrogen and oxygen atoms in total. The van der Waals surface area contributed by atoms with Crippen molar-refractivity contribution < 1.29 is 9.21 Å². The third-order valence-corrected chi connectivity index (χ3v) is 3.93. The van der Waals surface area contributed by atoms with E-state index in [0.29, 0.717) is 16.5 Å². The molecule has 21 heavy (non-hydrogen) atoms. The summed E-state index contributed by atoms with van der Waals surface area (Å²) in [7, 11) is 0. The Morgan fingerprint density at radius 2 is 2.10 bits per heavy atom. The molecule has 0 atom stereocenters. The first-order chi connectivity index (χ1) is 10.3. The van der Waals surface area contributed by atoms with Crippen molar-refractivity contribution in [1.29, 1.82) is 0 Å². The predicted molar refractivity (Wildman–Crippen MR) is 81.4 cm³/mol. The highest BCUT2D eigenvalue weighted by atomic mass is 32.1. The van der Waals surface area contributed by atoms with Gasteiger partial charge in [-0.05, 0) is 24.6 Å². The summed E-state index contributed by atoms with van der Waals surface area (Å²) >= 11 is 1.38. The van der Waals surface area contributed by atoms with E-state index >= 15 is 0 Å². The van der Waals surface area contributed by atoms with Crippen molar-refractivity contribution in [1.82, 2.24) is 10.2 Å². The van der Waals surface area contributed by atoms with Crippen molar-refractivity contribution in [2.45, 2.75) is 13.3 Å². The normalized spacial score (nSPS) is 10.5. The van der Waals surface area contributed by atoms with Crippen molar-refractivity contribution >= 4 is 22.4 Å². The van der Waals surface area contributed by atoms with Crippen LogP contribution in [0.1, 0.15) is 22.3 Å². The molecule has 3 rings (SSSR count). The lowest BCUT2D eigenvalue weighted by atomic mass is 10.0. The average molecular weight is 299 g/mol. The van der Waals surface area contributed by atoms with Gasteiger partial charge in [0.2, 0.25) is 5.13 Å². The van der Waals surface area contributed by atoms with Crippen LogP contribution in [0.3, 0.4) is 0 Å². The fraction of sp³-hybridized carbons (Fsp3) is 0.133. The van der Waals surface area contributed by atoms with Crippen LogP contribution in [0.15, 0.2) is 47.1 Å². The quantitative estimate of drug-likeness (QED) is 0.799. The lowest BCUT2D eigenvalue weighted by Gasteiger charge is -2.06. The van der Waals surface area contributed by atoms with Gasteiger partial charge in [-0.1, -0.05) is 36.5 Å². The summed E-state index contributed by atoms with van der Waals surface area (Å²) in [5.74, 6) is 0.438. The number of aromatic nitrogens is 2. The Morgan fingerprint density at radius 3 is 2.81 bits per heavy atom. The molecule has 0 spiro atoms. The van der Waals surface area contributed by atoms with Gasteiger partial charge < -0.3 is 4.42 Å². The summed E-state index contributed by atoms with van der Waals surface area (Å²) in [6, 6.07) is 10.9. The maximum Gasteiger partial charge on any atom is 0.258 e. The summed E-state index contributed by atoms with van der Waals surface area (Å²) in [4.78, 5) is 12.4. The van der Waals surface area contributed by atoms with E-state index in [2.05, 4.69) is 15.5 Å². The van der Waals surface area contributed by atoms with Gasteiger partial charge in [0, 0.05) is 5.56 Å². The van der Waals surface area contributed by atoms with Gasteiger partial charge in [-0.3, -0.25) is 10.1 Å². The highest BCUT2D eigenvalue weighted by molar-refractivity contribution is 7.15. The maximum absolute atomic E-state index is 12.4. The van der Waals surface area contributed by atoms with Crippen LogP contribution in [0.2, 0.25) is 0 Å². The van der Waals surface area contributed by atoms with Gasteiger partial charge in [0.05, 0.1) is 11.8 Å². The zero-order valence-corrected chi connectivity index (χ0v) is 12.2. The van der Waals surface area contributed by atoms with E-state index in [-0.39, 0.29) is 5.91 Å². The van der Waals surface area contributed by atoms with Crippen molar-refractivity contribution in [3.8, 4) is 11.3 Å². The summed E-state index contributed by atoms with van der Waals surface area (Å²) in [5, 5.41) is 12.1. The van der Waals surface area contributed by atoms with E-state index in [9.17, 15) is 4.79 Å². The summed E-state index contributed by atoms with van der Waals surface area (Å²) in [6.07, 6.45) is 2.39. The van der Waals surface area contributed by atoms with Gasteiger partial charge in [-0.2, -0.15) is 0 Å². The number of hydrogen-bond acceptors (Lipinski definition) is 5. The van der Waals surface area contributed by atoms with Crippen LogP contribution in [0.4, 0.5) is 5.13 Å². The van der Waals surface area contributed by atoms with Crippen LogP contribution >= 0.6 is 11.3 Å². The molecule has 1 aromatic carbocycles. The number of furan rings is 1. The summed E-state index contributed by atoms with van der Waals surface area (Å²) < 4.78 is 5.38. The smallest absolute Gasteiger partial charge is 0.258 e. The monoisotopic (exact) mass is 299 g/mol. The van der Waals surface area contributed by atoms with E-state index in [0.717, 1.165) is 17.0 Å². The first-order valence-electron chi connectivity index (χ1n) is 6.54. The maximum atomic E-state index is 12.4. The number of rotatable bonds is 4. The molecule has 106 valence electrons. The molecule has 0 unspecified atom stereocenters. The molecule has 0 aliphatic rings. The number of nitrogens with zero attached hydrogens (tertiary/aromatic N) is 2. The number of carbonyl (C=O) groups excluding carboxylic acids is 1. The second kappa shape index (κ2) is 5.88. The molecule has 1 amide bonds. The van der Waals surface area contributed by atoms with E-state index in [1.54, 1.807) is 18.4 Å². The molecular weight excluding hydrogens is 286 g/mol. The van der Waals surface area contributed by atoms with Crippen LogP contribution in [-0.2, 0) is 6.42 Å². The van der Waals surface area contributed by atoms with Crippen molar-refractivity contribution in [3.63, 3.8) is 0 Å². The Balaban J connectivity index is 1.88. The number of carbonyl (C=O) groups is 1. The number of aryl methyl sites for hydroxylation is 1. The van der Waals surface area contributed by atoms with E-state index in [1.807, 2.05) is 31.2 Å². The van der Waals surface area contributed by atoms with E-state index in [4.69, 9.17) is 4.42 Å². The number of amides is 1. The minimum atomic E-state index is -0.221. The van der Waals surface area contributed by atoms with Gasteiger partial charge in [0.15, 0.2) is 0 Å².